The van der Waals surface area contributed by atoms with Gasteiger partial charge in [-0.1, -0.05) is 103 Å². The quantitative estimate of drug-likeness (QED) is 0.348. The van der Waals surface area contributed by atoms with Gasteiger partial charge in [0.05, 0.1) is 12.1 Å². The van der Waals surface area contributed by atoms with Crippen molar-refractivity contribution in [3.63, 3.8) is 0 Å². The summed E-state index contributed by atoms with van der Waals surface area (Å²) < 4.78 is 0.924. The molecule has 0 saturated carbocycles. The molecule has 0 aliphatic carbocycles. The number of hydrazone groups is 1. The average Bonchev–Trinajstić information content (AvgIpc) is 2.79. The van der Waals surface area contributed by atoms with Gasteiger partial charge in [-0.25, -0.2) is 5.43 Å². The molecule has 0 unspecified atom stereocenters. The second-order valence-corrected chi connectivity index (χ2v) is 8.69. The number of carbonyl (C=O) groups excluding carboxylic acids is 2. The largest absolute Gasteiger partial charge is 0.343 e. The molecule has 5 nitrogen and oxygen atoms in total. The molecule has 0 saturated heterocycles. The third kappa shape index (κ3) is 6.37. The van der Waals surface area contributed by atoms with Gasteiger partial charge in [0.15, 0.2) is 0 Å². The van der Waals surface area contributed by atoms with Crippen LogP contribution in [0.5, 0.6) is 0 Å². The van der Waals surface area contributed by atoms with Crippen molar-refractivity contribution in [3.8, 4) is 0 Å². The molecule has 0 radical (unpaired) electrons. The molecule has 2 amide bonds. The summed E-state index contributed by atoms with van der Waals surface area (Å²) in [4.78, 5) is 26.2. The van der Waals surface area contributed by atoms with Crippen molar-refractivity contribution in [1.29, 1.82) is 0 Å². The van der Waals surface area contributed by atoms with Gasteiger partial charge in [-0.2, -0.15) is 5.10 Å². The Balaban J connectivity index is 1.75. The summed E-state index contributed by atoms with van der Waals surface area (Å²) in [7, 11) is 0. The maximum absolute atomic E-state index is 13.4. The predicted molar refractivity (Wildman–Crippen MR) is 131 cm³/mol. The smallest absolute Gasteiger partial charge is 0.262 e. The first kappa shape index (κ1) is 23.4. The summed E-state index contributed by atoms with van der Waals surface area (Å²) in [6.07, 6.45) is 1.57. The van der Waals surface area contributed by atoms with Crippen molar-refractivity contribution in [2.75, 3.05) is 0 Å². The Hall–Kier alpha value is -3.25. The van der Waals surface area contributed by atoms with Crippen LogP contribution in [0.15, 0.2) is 94.5 Å². The number of amides is 2. The van der Waals surface area contributed by atoms with Crippen molar-refractivity contribution in [2.45, 2.75) is 25.8 Å². The number of hydrogen-bond acceptors (Lipinski definition) is 3. The van der Waals surface area contributed by atoms with Gasteiger partial charge in [0.1, 0.15) is 6.04 Å². The number of nitrogens with one attached hydrogen (secondary N) is 2. The minimum Gasteiger partial charge on any atom is -0.343 e. The Labute approximate surface area is 197 Å². The first-order chi connectivity index (χ1) is 15.5. The van der Waals surface area contributed by atoms with Crippen molar-refractivity contribution < 1.29 is 9.59 Å². The molecule has 0 fully saturated rings. The van der Waals surface area contributed by atoms with Crippen molar-refractivity contribution in [1.82, 2.24) is 10.7 Å². The summed E-state index contributed by atoms with van der Waals surface area (Å²) in [5, 5.41) is 7.00. The molecule has 0 aromatic heterocycles. The van der Waals surface area contributed by atoms with E-state index in [9.17, 15) is 9.59 Å². The van der Waals surface area contributed by atoms with Crippen LogP contribution < -0.4 is 10.7 Å². The molecule has 2 N–H and O–H groups in total. The lowest BCUT2D eigenvalue weighted by Gasteiger charge is -2.24. The van der Waals surface area contributed by atoms with E-state index in [0.717, 1.165) is 21.2 Å². The number of nitrogens with zero attached hydrogens (tertiary/aromatic N) is 1. The molecular formula is C26H26BrN3O2. The highest BCUT2D eigenvalue weighted by Gasteiger charge is 2.29. The third-order valence-electron chi connectivity index (χ3n) is 5.01. The molecule has 3 aromatic rings. The first-order valence-electron chi connectivity index (χ1n) is 10.4. The van der Waals surface area contributed by atoms with E-state index in [0.29, 0.717) is 0 Å². The lowest BCUT2D eigenvalue weighted by molar-refractivity contribution is -0.130. The molecule has 6 heteroatoms. The van der Waals surface area contributed by atoms with E-state index in [1.807, 2.05) is 98.8 Å². The highest BCUT2D eigenvalue weighted by molar-refractivity contribution is 9.10. The van der Waals surface area contributed by atoms with Crippen LogP contribution in [0.25, 0.3) is 0 Å². The number of hydrogen-bond donors (Lipinski definition) is 2. The van der Waals surface area contributed by atoms with Crippen LogP contribution in [0, 0.1) is 5.92 Å². The van der Waals surface area contributed by atoms with Crippen LogP contribution >= 0.6 is 15.9 Å². The zero-order valence-electron chi connectivity index (χ0n) is 18.0. The minimum absolute atomic E-state index is 0.118. The second-order valence-electron chi connectivity index (χ2n) is 7.77. The Morgan fingerprint density at radius 2 is 1.44 bits per heavy atom. The maximum atomic E-state index is 13.4. The van der Waals surface area contributed by atoms with E-state index < -0.39 is 12.0 Å². The number of carbonyl (C=O) groups is 2. The third-order valence-corrected chi connectivity index (χ3v) is 5.51. The van der Waals surface area contributed by atoms with E-state index in [4.69, 9.17) is 0 Å². The summed E-state index contributed by atoms with van der Waals surface area (Å²) in [6, 6.07) is 26.0. The van der Waals surface area contributed by atoms with Crippen molar-refractivity contribution in [2.24, 2.45) is 11.0 Å². The van der Waals surface area contributed by atoms with Gasteiger partial charge >= 0.3 is 0 Å². The first-order valence-corrected chi connectivity index (χ1v) is 11.2. The van der Waals surface area contributed by atoms with Crippen molar-refractivity contribution in [3.05, 3.63) is 106 Å². The lowest BCUT2D eigenvalue weighted by atomic mass is 9.89. The summed E-state index contributed by atoms with van der Waals surface area (Å²) in [6.45, 7) is 3.78. The topological polar surface area (TPSA) is 70.6 Å². The molecule has 0 spiro atoms. The number of benzene rings is 3. The SMILES string of the molecule is CC(C)[C@@H](NC(=O)C(c1ccccc1)c1ccccc1)C(=O)N/N=C\c1cccc(Br)c1. The summed E-state index contributed by atoms with van der Waals surface area (Å²) in [5.74, 6) is -1.23. The van der Waals surface area contributed by atoms with Gasteiger partial charge in [0, 0.05) is 4.47 Å². The van der Waals surface area contributed by atoms with E-state index >= 15 is 0 Å². The molecule has 0 aliphatic heterocycles. The van der Waals surface area contributed by atoms with E-state index in [2.05, 4.69) is 31.8 Å². The molecule has 3 rings (SSSR count). The maximum Gasteiger partial charge on any atom is 0.262 e. The molecule has 0 heterocycles. The normalized spacial score (nSPS) is 12.2. The molecule has 164 valence electrons. The zero-order valence-corrected chi connectivity index (χ0v) is 19.6. The lowest BCUT2D eigenvalue weighted by Crippen LogP contribution is -2.50. The Kier molecular flexibility index (Phi) is 8.34. The fourth-order valence-electron chi connectivity index (χ4n) is 3.38. The zero-order chi connectivity index (χ0) is 22.9. The van der Waals surface area contributed by atoms with Gasteiger partial charge in [-0.05, 0) is 34.7 Å². The summed E-state index contributed by atoms with van der Waals surface area (Å²) in [5.41, 5.74) is 5.14. The monoisotopic (exact) mass is 491 g/mol. The highest BCUT2D eigenvalue weighted by Crippen LogP contribution is 2.25. The van der Waals surface area contributed by atoms with Crippen LogP contribution in [-0.4, -0.2) is 24.1 Å². The average molecular weight is 492 g/mol. The van der Waals surface area contributed by atoms with Crippen LogP contribution in [-0.2, 0) is 9.59 Å². The van der Waals surface area contributed by atoms with Gasteiger partial charge in [-0.3, -0.25) is 9.59 Å². The fourth-order valence-corrected chi connectivity index (χ4v) is 3.80. The van der Waals surface area contributed by atoms with Gasteiger partial charge in [0.2, 0.25) is 5.91 Å². The predicted octanol–water partition coefficient (Wildman–Crippen LogP) is 4.87. The van der Waals surface area contributed by atoms with Crippen LogP contribution in [0.2, 0.25) is 0 Å². The van der Waals surface area contributed by atoms with E-state index in [1.165, 1.54) is 0 Å². The Morgan fingerprint density at radius 1 is 0.844 bits per heavy atom. The highest BCUT2D eigenvalue weighted by atomic mass is 79.9. The second kappa shape index (κ2) is 11.4. The standard InChI is InChI=1S/C26H26BrN3O2/c1-18(2)24(26(32)30-28-17-19-10-9-15-22(27)16-19)29-25(31)23(20-11-5-3-6-12-20)21-13-7-4-8-14-21/h3-18,23-24H,1-2H3,(H,29,31)(H,30,32)/b28-17-/t24-/m1/s1. The van der Waals surface area contributed by atoms with E-state index in [-0.39, 0.29) is 17.7 Å². The molecule has 0 bridgehead atoms. The molecule has 0 aliphatic rings. The van der Waals surface area contributed by atoms with Crippen LogP contribution in [0.3, 0.4) is 0 Å². The molecule has 32 heavy (non-hydrogen) atoms. The fraction of sp³-hybridized carbons (Fsp3) is 0.192. The van der Waals surface area contributed by atoms with Gasteiger partial charge in [-0.15, -0.1) is 0 Å². The van der Waals surface area contributed by atoms with Crippen molar-refractivity contribution >= 4 is 34.0 Å². The van der Waals surface area contributed by atoms with Crippen LogP contribution in [0.4, 0.5) is 0 Å². The molecule has 3 aromatic carbocycles. The summed E-state index contributed by atoms with van der Waals surface area (Å²) >= 11 is 3.41. The van der Waals surface area contributed by atoms with Gasteiger partial charge in [0.25, 0.3) is 5.91 Å². The minimum atomic E-state index is -0.725. The molecular weight excluding hydrogens is 466 g/mol. The Morgan fingerprint density at radius 3 is 1.97 bits per heavy atom. The molecule has 1 atom stereocenters. The number of halogens is 1. The number of rotatable bonds is 8. The van der Waals surface area contributed by atoms with Gasteiger partial charge < -0.3 is 5.32 Å². The Bertz CT molecular complexity index is 1030. The van der Waals surface area contributed by atoms with E-state index in [1.54, 1.807) is 6.21 Å². The van der Waals surface area contributed by atoms with Crippen LogP contribution in [0.1, 0.15) is 36.5 Å².